The van der Waals surface area contributed by atoms with E-state index in [0.717, 1.165) is 44.4 Å². The molecular weight excluding hydrogens is 314 g/mol. The molecule has 6 nitrogen and oxygen atoms in total. The normalized spacial score (nSPS) is 17.2. The molecule has 0 saturated heterocycles. The van der Waals surface area contributed by atoms with Gasteiger partial charge < -0.3 is 15.2 Å². The van der Waals surface area contributed by atoms with E-state index in [1.54, 1.807) is 0 Å². The van der Waals surface area contributed by atoms with Crippen molar-refractivity contribution in [2.24, 2.45) is 16.3 Å². The van der Waals surface area contributed by atoms with Crippen molar-refractivity contribution >= 4 is 5.96 Å². The van der Waals surface area contributed by atoms with E-state index < -0.39 is 0 Å². The molecule has 0 aromatic carbocycles. The molecule has 1 heterocycles. The molecule has 1 fully saturated rings. The topological polar surface area (TPSA) is 75.3 Å². The minimum absolute atomic E-state index is 0.414. The Morgan fingerprint density at radius 1 is 1.28 bits per heavy atom. The molecule has 0 bridgehead atoms. The maximum Gasteiger partial charge on any atom is 0.226 e. The third-order valence-electron chi connectivity index (χ3n) is 4.85. The van der Waals surface area contributed by atoms with E-state index in [0.29, 0.717) is 17.1 Å². The summed E-state index contributed by atoms with van der Waals surface area (Å²) >= 11 is 0. The van der Waals surface area contributed by atoms with Gasteiger partial charge in [0.05, 0.1) is 0 Å². The first-order valence-electron chi connectivity index (χ1n) is 9.84. The average Bonchev–Trinajstić information content (AvgIpc) is 3.18. The van der Waals surface area contributed by atoms with E-state index in [2.05, 4.69) is 41.5 Å². The van der Waals surface area contributed by atoms with Gasteiger partial charge in [0.2, 0.25) is 5.89 Å². The first-order valence-corrected chi connectivity index (χ1v) is 9.84. The van der Waals surface area contributed by atoms with Crippen LogP contribution in [0, 0.1) is 18.3 Å². The number of guanidine groups is 1. The van der Waals surface area contributed by atoms with Gasteiger partial charge in [-0.25, -0.2) is 0 Å². The molecule has 0 unspecified atom stereocenters. The second-order valence-electron chi connectivity index (χ2n) is 7.77. The predicted octanol–water partition coefficient (Wildman–Crippen LogP) is 3.47. The van der Waals surface area contributed by atoms with Gasteiger partial charge in [0.1, 0.15) is 0 Å². The molecule has 1 aliphatic rings. The van der Waals surface area contributed by atoms with Crippen LogP contribution in [0.1, 0.15) is 71.0 Å². The largest absolute Gasteiger partial charge is 0.357 e. The molecule has 1 aliphatic carbocycles. The van der Waals surface area contributed by atoms with Gasteiger partial charge in [-0.1, -0.05) is 31.8 Å². The molecule has 0 radical (unpaired) electrons. The Morgan fingerprint density at radius 3 is 2.64 bits per heavy atom. The van der Waals surface area contributed by atoms with Crippen LogP contribution in [-0.2, 0) is 6.42 Å². The van der Waals surface area contributed by atoms with E-state index >= 15 is 0 Å². The second-order valence-corrected chi connectivity index (χ2v) is 7.77. The van der Waals surface area contributed by atoms with Gasteiger partial charge in [-0.3, -0.25) is 4.99 Å². The summed E-state index contributed by atoms with van der Waals surface area (Å²) in [6.07, 6.45) is 8.39. The highest BCUT2D eigenvalue weighted by Crippen LogP contribution is 2.43. The number of rotatable bonds is 9. The quantitative estimate of drug-likeness (QED) is 0.405. The fourth-order valence-corrected chi connectivity index (χ4v) is 3.89. The molecule has 0 spiro atoms. The zero-order chi connectivity index (χ0) is 18.1. The number of aryl methyl sites for hydroxylation is 2. The fourth-order valence-electron chi connectivity index (χ4n) is 3.89. The Kier molecular flexibility index (Phi) is 7.72. The molecule has 0 aliphatic heterocycles. The van der Waals surface area contributed by atoms with Crippen LogP contribution in [0.2, 0.25) is 0 Å². The Morgan fingerprint density at radius 2 is 2.04 bits per heavy atom. The lowest BCUT2D eigenvalue weighted by atomic mass is 9.78. The van der Waals surface area contributed by atoms with Crippen LogP contribution in [0.25, 0.3) is 0 Å². The number of nitrogens with one attached hydrogen (secondary N) is 2. The molecule has 0 atom stereocenters. The lowest BCUT2D eigenvalue weighted by Gasteiger charge is -2.29. The summed E-state index contributed by atoms with van der Waals surface area (Å²) in [5, 5.41) is 10.6. The van der Waals surface area contributed by atoms with Gasteiger partial charge in [0, 0.05) is 26.1 Å². The van der Waals surface area contributed by atoms with Crippen LogP contribution in [-0.4, -0.2) is 35.7 Å². The number of aromatic nitrogens is 2. The minimum Gasteiger partial charge on any atom is -0.357 e. The van der Waals surface area contributed by atoms with Gasteiger partial charge in [0.15, 0.2) is 11.8 Å². The summed E-state index contributed by atoms with van der Waals surface area (Å²) in [6, 6.07) is 0. The number of nitrogens with zero attached hydrogens (tertiary/aromatic N) is 3. The molecule has 142 valence electrons. The summed E-state index contributed by atoms with van der Waals surface area (Å²) in [6.45, 7) is 11.3. The molecule has 1 saturated carbocycles. The van der Waals surface area contributed by atoms with Crippen molar-refractivity contribution in [2.45, 2.75) is 72.6 Å². The number of aliphatic imine (C=N–C) groups is 1. The summed E-state index contributed by atoms with van der Waals surface area (Å²) in [5.74, 6) is 3.08. The van der Waals surface area contributed by atoms with Crippen molar-refractivity contribution < 1.29 is 4.52 Å². The van der Waals surface area contributed by atoms with Crippen molar-refractivity contribution in [2.75, 3.05) is 19.6 Å². The van der Waals surface area contributed by atoms with E-state index in [4.69, 9.17) is 9.52 Å². The standard InChI is InChI=1S/C19H35N5O/c1-5-20-18(21-12-8-9-17-23-16(4)24-25-17)22-14-19(13-15(2)3)10-6-7-11-19/h15H,5-14H2,1-4H3,(H2,20,21,22). The van der Waals surface area contributed by atoms with Gasteiger partial charge in [-0.15, -0.1) is 0 Å². The minimum atomic E-state index is 0.414. The molecule has 0 amide bonds. The Bertz CT molecular complexity index is 532. The summed E-state index contributed by atoms with van der Waals surface area (Å²) in [4.78, 5) is 9.15. The van der Waals surface area contributed by atoms with Crippen molar-refractivity contribution in [3.8, 4) is 0 Å². The monoisotopic (exact) mass is 349 g/mol. The second kappa shape index (κ2) is 9.78. The number of hydrogen-bond donors (Lipinski definition) is 2. The molecule has 6 heteroatoms. The van der Waals surface area contributed by atoms with Crippen LogP contribution in [0.4, 0.5) is 0 Å². The highest BCUT2D eigenvalue weighted by molar-refractivity contribution is 5.79. The van der Waals surface area contributed by atoms with E-state index in [-0.39, 0.29) is 0 Å². The Balaban J connectivity index is 1.82. The zero-order valence-corrected chi connectivity index (χ0v) is 16.4. The average molecular weight is 350 g/mol. The van der Waals surface area contributed by atoms with Crippen LogP contribution in [0.5, 0.6) is 0 Å². The fraction of sp³-hybridized carbons (Fsp3) is 0.842. The van der Waals surface area contributed by atoms with E-state index in [1.165, 1.54) is 32.1 Å². The van der Waals surface area contributed by atoms with E-state index in [9.17, 15) is 0 Å². The lowest BCUT2D eigenvalue weighted by molar-refractivity contribution is 0.245. The maximum atomic E-state index is 5.15. The summed E-state index contributed by atoms with van der Waals surface area (Å²) in [5.41, 5.74) is 0.414. The number of hydrogen-bond acceptors (Lipinski definition) is 4. The molecule has 2 rings (SSSR count). The van der Waals surface area contributed by atoms with Crippen molar-refractivity contribution in [1.29, 1.82) is 0 Å². The van der Waals surface area contributed by atoms with Crippen LogP contribution in [0.3, 0.4) is 0 Å². The third kappa shape index (κ3) is 6.67. The summed E-state index contributed by atoms with van der Waals surface area (Å²) < 4.78 is 5.15. The van der Waals surface area contributed by atoms with E-state index in [1.807, 2.05) is 6.92 Å². The first-order chi connectivity index (χ1) is 12.0. The van der Waals surface area contributed by atoms with Gasteiger partial charge in [0.25, 0.3) is 0 Å². The predicted molar refractivity (Wildman–Crippen MR) is 102 cm³/mol. The zero-order valence-electron chi connectivity index (χ0n) is 16.4. The summed E-state index contributed by atoms with van der Waals surface area (Å²) in [7, 11) is 0. The van der Waals surface area contributed by atoms with Gasteiger partial charge >= 0.3 is 0 Å². The van der Waals surface area contributed by atoms with Crippen LogP contribution < -0.4 is 10.6 Å². The smallest absolute Gasteiger partial charge is 0.226 e. The van der Waals surface area contributed by atoms with Gasteiger partial charge in [-0.05, 0) is 50.9 Å². The molecular formula is C19H35N5O. The SMILES string of the molecule is CCNC(=NCC1(CC(C)C)CCCC1)NCCCc1nc(C)no1. The third-order valence-corrected chi connectivity index (χ3v) is 4.85. The lowest BCUT2D eigenvalue weighted by Crippen LogP contribution is -2.39. The Hall–Kier alpha value is -1.59. The van der Waals surface area contributed by atoms with Crippen molar-refractivity contribution in [3.05, 3.63) is 11.7 Å². The molecule has 25 heavy (non-hydrogen) atoms. The Labute approximate surface area is 152 Å². The highest BCUT2D eigenvalue weighted by Gasteiger charge is 2.34. The van der Waals surface area contributed by atoms with Crippen LogP contribution >= 0.6 is 0 Å². The molecule has 1 aromatic rings. The highest BCUT2D eigenvalue weighted by atomic mass is 16.5. The van der Waals surface area contributed by atoms with Crippen molar-refractivity contribution in [3.63, 3.8) is 0 Å². The maximum absolute atomic E-state index is 5.15. The first kappa shape index (κ1) is 19.7. The van der Waals surface area contributed by atoms with Gasteiger partial charge in [-0.2, -0.15) is 4.98 Å². The van der Waals surface area contributed by atoms with Crippen LogP contribution in [0.15, 0.2) is 9.52 Å². The molecule has 1 aromatic heterocycles. The van der Waals surface area contributed by atoms with Crippen molar-refractivity contribution in [1.82, 2.24) is 20.8 Å². The molecule has 2 N–H and O–H groups in total.